The first kappa shape index (κ1) is 18.3. The Morgan fingerprint density at radius 1 is 0.840 bits per heavy atom. The first-order chi connectivity index (χ1) is 11.9. The lowest BCUT2D eigenvalue weighted by Crippen LogP contribution is -2.20. The Labute approximate surface area is 148 Å². The van der Waals surface area contributed by atoms with E-state index in [2.05, 4.69) is 20.1 Å². The molecule has 0 bridgehead atoms. The zero-order valence-corrected chi connectivity index (χ0v) is 14.2. The van der Waals surface area contributed by atoms with Crippen LogP contribution in [0.15, 0.2) is 42.5 Å². The van der Waals surface area contributed by atoms with E-state index in [0.717, 1.165) is 0 Å². The Hall–Kier alpha value is -3.06. The predicted octanol–water partition coefficient (Wildman–Crippen LogP) is 3.56. The number of urea groups is 1. The molecule has 2 aromatic carbocycles. The molecule has 0 aliphatic heterocycles. The summed E-state index contributed by atoms with van der Waals surface area (Å²) in [5.41, 5.74) is 0.914. The van der Waals surface area contributed by atoms with Crippen LogP contribution in [0.25, 0.3) is 0 Å². The van der Waals surface area contributed by atoms with Crippen LogP contribution in [-0.4, -0.2) is 32.2 Å². The monoisotopic (exact) mass is 362 g/mol. The topological polar surface area (TPSA) is 93.7 Å². The number of hydrogen-bond donors (Lipinski definition) is 2. The van der Waals surface area contributed by atoms with E-state index in [4.69, 9.17) is 11.6 Å². The maximum absolute atomic E-state index is 12.1. The van der Waals surface area contributed by atoms with Crippen molar-refractivity contribution < 1.29 is 23.9 Å². The first-order valence-corrected chi connectivity index (χ1v) is 7.46. The minimum Gasteiger partial charge on any atom is -0.465 e. The maximum Gasteiger partial charge on any atom is 0.337 e. The second-order valence-electron chi connectivity index (χ2n) is 4.87. The van der Waals surface area contributed by atoms with Gasteiger partial charge in [-0.15, -0.1) is 0 Å². The number of nitrogens with one attached hydrogen (secondary N) is 2. The van der Waals surface area contributed by atoms with Crippen molar-refractivity contribution in [2.24, 2.45) is 0 Å². The van der Waals surface area contributed by atoms with E-state index < -0.39 is 18.0 Å². The number of benzene rings is 2. The van der Waals surface area contributed by atoms with Crippen LogP contribution in [0.2, 0.25) is 5.02 Å². The molecule has 0 aliphatic carbocycles. The van der Waals surface area contributed by atoms with Gasteiger partial charge in [0.05, 0.1) is 25.3 Å². The van der Waals surface area contributed by atoms with Crippen LogP contribution in [0.3, 0.4) is 0 Å². The number of carbonyl (C=O) groups excluding carboxylic acids is 3. The first-order valence-electron chi connectivity index (χ1n) is 7.08. The molecule has 25 heavy (non-hydrogen) atoms. The number of amides is 2. The van der Waals surface area contributed by atoms with Gasteiger partial charge in [-0.2, -0.15) is 0 Å². The highest BCUT2D eigenvalue weighted by Gasteiger charge is 2.15. The summed E-state index contributed by atoms with van der Waals surface area (Å²) < 4.78 is 9.28. The average Bonchev–Trinajstić information content (AvgIpc) is 2.59. The van der Waals surface area contributed by atoms with E-state index in [1.54, 1.807) is 24.3 Å². The third kappa shape index (κ3) is 4.95. The smallest absolute Gasteiger partial charge is 0.337 e. The minimum atomic E-state index is -0.649. The number of hydrogen-bond acceptors (Lipinski definition) is 5. The fourth-order valence-electron chi connectivity index (χ4n) is 2.03. The van der Waals surface area contributed by atoms with Gasteiger partial charge in [0, 0.05) is 16.4 Å². The zero-order chi connectivity index (χ0) is 18.4. The van der Waals surface area contributed by atoms with Crippen molar-refractivity contribution in [2.75, 3.05) is 24.9 Å². The van der Waals surface area contributed by atoms with Crippen LogP contribution in [0.1, 0.15) is 20.7 Å². The number of carbonyl (C=O) groups is 3. The molecule has 0 fully saturated rings. The molecule has 7 nitrogen and oxygen atoms in total. The summed E-state index contributed by atoms with van der Waals surface area (Å²) in [6.45, 7) is 0. The second kappa shape index (κ2) is 8.16. The van der Waals surface area contributed by atoms with Crippen molar-refractivity contribution in [3.63, 3.8) is 0 Å². The van der Waals surface area contributed by atoms with Gasteiger partial charge in [-0.3, -0.25) is 0 Å². The highest BCUT2D eigenvalue weighted by molar-refractivity contribution is 6.30. The maximum atomic E-state index is 12.1. The summed E-state index contributed by atoms with van der Waals surface area (Å²) in [7, 11) is 2.43. The lowest BCUT2D eigenvalue weighted by Gasteiger charge is -2.10. The number of rotatable bonds is 4. The average molecular weight is 363 g/mol. The van der Waals surface area contributed by atoms with Gasteiger partial charge in [-0.25, -0.2) is 14.4 Å². The van der Waals surface area contributed by atoms with E-state index in [0.29, 0.717) is 10.7 Å². The van der Waals surface area contributed by atoms with Gasteiger partial charge in [0.1, 0.15) is 0 Å². The van der Waals surface area contributed by atoms with Crippen molar-refractivity contribution in [1.29, 1.82) is 0 Å². The Morgan fingerprint density at radius 2 is 1.40 bits per heavy atom. The molecule has 0 saturated carbocycles. The second-order valence-corrected chi connectivity index (χ2v) is 5.31. The number of halogens is 1. The quantitative estimate of drug-likeness (QED) is 0.811. The molecule has 0 saturated heterocycles. The van der Waals surface area contributed by atoms with Crippen molar-refractivity contribution in [2.45, 2.75) is 0 Å². The van der Waals surface area contributed by atoms with Crippen LogP contribution in [0.4, 0.5) is 16.2 Å². The molecule has 130 valence electrons. The highest BCUT2D eigenvalue weighted by atomic mass is 35.5. The number of esters is 2. The molecule has 0 aromatic heterocycles. The zero-order valence-electron chi connectivity index (χ0n) is 13.5. The molecule has 0 spiro atoms. The van der Waals surface area contributed by atoms with E-state index >= 15 is 0 Å². The molecule has 0 aliphatic rings. The Bertz CT molecular complexity index is 788. The summed E-state index contributed by atoms with van der Waals surface area (Å²) in [5, 5.41) is 5.60. The predicted molar refractivity (Wildman–Crippen MR) is 93.2 cm³/mol. The summed E-state index contributed by atoms with van der Waals surface area (Å²) in [5.74, 6) is -1.30. The summed E-state index contributed by atoms with van der Waals surface area (Å²) >= 11 is 5.86. The summed E-state index contributed by atoms with van der Waals surface area (Å²) in [4.78, 5) is 35.5. The molecule has 0 radical (unpaired) electrons. The highest BCUT2D eigenvalue weighted by Crippen LogP contribution is 2.19. The third-order valence-corrected chi connectivity index (χ3v) is 3.35. The summed E-state index contributed by atoms with van der Waals surface area (Å²) in [6.07, 6.45) is 0. The standard InChI is InChI=1S/C17H15ClN2O5/c1-24-15(21)10-6-11(16(22)25-2)8-14(7-10)20-17(23)19-13-5-3-4-12(18)9-13/h3-9H,1-2H3,(H2,19,20,23). The minimum absolute atomic E-state index is 0.100. The van der Waals surface area contributed by atoms with Gasteiger partial charge in [0.25, 0.3) is 0 Å². The molecule has 2 amide bonds. The van der Waals surface area contributed by atoms with Crippen molar-refractivity contribution in [1.82, 2.24) is 0 Å². The molecule has 2 rings (SSSR count). The summed E-state index contributed by atoms with van der Waals surface area (Å²) in [6, 6.07) is 10.1. The SMILES string of the molecule is COC(=O)c1cc(NC(=O)Nc2cccc(Cl)c2)cc(C(=O)OC)c1. The van der Waals surface area contributed by atoms with E-state index in [1.165, 1.54) is 32.4 Å². The molecule has 0 unspecified atom stereocenters. The fraction of sp³-hybridized carbons (Fsp3) is 0.118. The number of methoxy groups -OCH3 is 2. The third-order valence-electron chi connectivity index (χ3n) is 3.12. The van der Waals surface area contributed by atoms with Crippen LogP contribution < -0.4 is 10.6 Å². The van der Waals surface area contributed by atoms with E-state index in [1.807, 2.05) is 0 Å². The van der Waals surface area contributed by atoms with E-state index in [-0.39, 0.29) is 16.8 Å². The number of ether oxygens (including phenoxy) is 2. The molecular formula is C17H15ClN2O5. The van der Waals surface area contributed by atoms with Crippen LogP contribution in [0, 0.1) is 0 Å². The fourth-order valence-corrected chi connectivity index (χ4v) is 2.22. The molecule has 0 heterocycles. The van der Waals surface area contributed by atoms with Gasteiger partial charge >= 0.3 is 18.0 Å². The van der Waals surface area contributed by atoms with Gasteiger partial charge in [-0.1, -0.05) is 17.7 Å². The van der Waals surface area contributed by atoms with Crippen molar-refractivity contribution >= 4 is 40.9 Å². The largest absolute Gasteiger partial charge is 0.465 e. The number of anilines is 2. The van der Waals surface area contributed by atoms with E-state index in [9.17, 15) is 14.4 Å². The molecular weight excluding hydrogens is 348 g/mol. The van der Waals surface area contributed by atoms with Crippen molar-refractivity contribution in [3.8, 4) is 0 Å². The lowest BCUT2D eigenvalue weighted by molar-refractivity contribution is 0.0599. The normalized spacial score (nSPS) is 9.88. The Balaban J connectivity index is 2.23. The van der Waals surface area contributed by atoms with Gasteiger partial charge in [-0.05, 0) is 36.4 Å². The van der Waals surface area contributed by atoms with Crippen LogP contribution in [-0.2, 0) is 9.47 Å². The molecule has 2 N–H and O–H groups in total. The van der Waals surface area contributed by atoms with Crippen molar-refractivity contribution in [3.05, 3.63) is 58.6 Å². The van der Waals surface area contributed by atoms with Crippen LogP contribution >= 0.6 is 11.6 Å². The lowest BCUT2D eigenvalue weighted by atomic mass is 10.1. The van der Waals surface area contributed by atoms with Gasteiger partial charge in [0.15, 0.2) is 0 Å². The van der Waals surface area contributed by atoms with Gasteiger partial charge in [0.2, 0.25) is 0 Å². The molecule has 8 heteroatoms. The molecule has 0 atom stereocenters. The Morgan fingerprint density at radius 3 is 1.92 bits per heavy atom. The van der Waals surface area contributed by atoms with Gasteiger partial charge < -0.3 is 20.1 Å². The Kier molecular flexibility index (Phi) is 5.97. The molecule has 2 aromatic rings. The van der Waals surface area contributed by atoms with Crippen LogP contribution in [0.5, 0.6) is 0 Å².